The average Bonchev–Trinajstić information content (AvgIpc) is 1.58. The van der Waals surface area contributed by atoms with Crippen LogP contribution in [0.1, 0.15) is 382 Å². The van der Waals surface area contributed by atoms with Gasteiger partial charge in [-0.1, -0.05) is 331 Å². The summed E-state index contributed by atoms with van der Waals surface area (Å²) in [4.78, 5) is 72.8. The minimum absolute atomic E-state index is 0.106. The number of esters is 4. The molecule has 19 heteroatoms. The van der Waals surface area contributed by atoms with Crippen molar-refractivity contribution in [3.05, 3.63) is 0 Å². The van der Waals surface area contributed by atoms with Gasteiger partial charge in [0.05, 0.1) is 26.4 Å². The van der Waals surface area contributed by atoms with Crippen molar-refractivity contribution >= 4 is 39.5 Å². The first kappa shape index (κ1) is 92.1. The molecule has 3 unspecified atom stereocenters. The third-order valence-electron chi connectivity index (χ3n) is 17.7. The second-order valence-corrected chi connectivity index (χ2v) is 31.1. The number of hydrogen-bond acceptors (Lipinski definition) is 15. The molecule has 0 heterocycles. The zero-order valence-electron chi connectivity index (χ0n) is 61.4. The molecule has 0 radical (unpaired) electrons. The molecule has 0 aromatic rings. The first-order valence-electron chi connectivity index (χ1n) is 38.9. The lowest BCUT2D eigenvalue weighted by molar-refractivity contribution is -0.161. The maximum absolute atomic E-state index is 13.1. The molecule has 3 N–H and O–H groups in total. The van der Waals surface area contributed by atoms with Gasteiger partial charge in [0.25, 0.3) is 0 Å². The summed E-state index contributed by atoms with van der Waals surface area (Å²) in [6.45, 7) is 11.9. The number of phosphoric acid groups is 2. The molecule has 0 spiro atoms. The summed E-state index contributed by atoms with van der Waals surface area (Å²) in [6.07, 6.45) is 51.1. The van der Waals surface area contributed by atoms with Crippen molar-refractivity contribution in [3.63, 3.8) is 0 Å². The van der Waals surface area contributed by atoms with Gasteiger partial charge in [0.15, 0.2) is 12.2 Å². The monoisotopic (exact) mass is 1380 g/mol. The van der Waals surface area contributed by atoms with Crippen LogP contribution in [0.5, 0.6) is 0 Å². The zero-order valence-corrected chi connectivity index (χ0v) is 63.2. The number of phosphoric ester groups is 2. The summed E-state index contributed by atoms with van der Waals surface area (Å²) in [7, 11) is -9.91. The molecule has 0 aliphatic rings. The van der Waals surface area contributed by atoms with Crippen LogP contribution in [0.2, 0.25) is 0 Å². The van der Waals surface area contributed by atoms with E-state index in [-0.39, 0.29) is 25.7 Å². The lowest BCUT2D eigenvalue weighted by Crippen LogP contribution is -2.30. The van der Waals surface area contributed by atoms with Crippen LogP contribution in [-0.4, -0.2) is 96.7 Å². The smallest absolute Gasteiger partial charge is 0.462 e. The minimum atomic E-state index is -4.96. The standard InChI is InChI=1S/C75H146O17P2/c1-8-10-11-12-13-14-28-35-42-49-56-72(77)85-62-70(92-75(80)59-52-45-38-31-24-23-27-34-41-48-55-68(7)9-2)64-89-93(81,82)87-60-69(76)61-88-94(83,84)90-65-71(91-74(79)58-51-44-37-30-22-18-16-20-26-33-40-47-54-67(5)6)63-86-73(78)57-50-43-36-29-21-17-15-19-25-32-39-46-53-66(3)4/h66-71,76H,8-65H2,1-7H3,(H,81,82)(H,83,84)/t68?,69-,70+,71+/m0/s1. The van der Waals surface area contributed by atoms with Gasteiger partial charge in [0.1, 0.15) is 19.3 Å². The number of ether oxygens (including phenoxy) is 4. The predicted molar refractivity (Wildman–Crippen MR) is 381 cm³/mol. The van der Waals surface area contributed by atoms with Gasteiger partial charge < -0.3 is 33.8 Å². The van der Waals surface area contributed by atoms with Crippen LogP contribution >= 0.6 is 15.6 Å². The Morgan fingerprint density at radius 1 is 0.309 bits per heavy atom. The Kier molecular flexibility index (Phi) is 64.3. The Bertz CT molecular complexity index is 1840. The summed E-state index contributed by atoms with van der Waals surface area (Å²) in [5.74, 6) is 0.243. The molecule has 0 aliphatic heterocycles. The molecule has 0 amide bonds. The van der Waals surface area contributed by atoms with Crippen molar-refractivity contribution in [2.75, 3.05) is 39.6 Å². The fourth-order valence-corrected chi connectivity index (χ4v) is 13.0. The normalized spacial score (nSPS) is 14.4. The highest BCUT2D eigenvalue weighted by atomic mass is 31.2. The molecule has 0 fully saturated rings. The van der Waals surface area contributed by atoms with Crippen molar-refractivity contribution in [2.45, 2.75) is 401 Å². The van der Waals surface area contributed by atoms with Crippen LogP contribution in [0, 0.1) is 17.8 Å². The van der Waals surface area contributed by atoms with E-state index >= 15 is 0 Å². The van der Waals surface area contributed by atoms with E-state index in [1.54, 1.807) is 0 Å². The first-order valence-corrected chi connectivity index (χ1v) is 41.9. The van der Waals surface area contributed by atoms with Gasteiger partial charge in [-0.2, -0.15) is 0 Å². The van der Waals surface area contributed by atoms with E-state index in [1.807, 2.05) is 0 Å². The summed E-state index contributed by atoms with van der Waals surface area (Å²) < 4.78 is 68.5. The molecule has 0 aliphatic carbocycles. The molecular formula is C75H146O17P2. The molecule has 94 heavy (non-hydrogen) atoms. The van der Waals surface area contributed by atoms with Crippen LogP contribution in [0.4, 0.5) is 0 Å². The second-order valence-electron chi connectivity index (χ2n) is 28.2. The molecule has 17 nitrogen and oxygen atoms in total. The number of carbonyl (C=O) groups excluding carboxylic acids is 4. The number of unbranched alkanes of at least 4 members (excludes halogenated alkanes) is 40. The predicted octanol–water partition coefficient (Wildman–Crippen LogP) is 21.8. The third kappa shape index (κ3) is 67.3. The van der Waals surface area contributed by atoms with E-state index in [2.05, 4.69) is 48.5 Å². The zero-order chi connectivity index (χ0) is 69.4. The molecule has 6 atom stereocenters. The molecule has 558 valence electrons. The first-order chi connectivity index (χ1) is 45.3. The Morgan fingerprint density at radius 3 is 0.809 bits per heavy atom. The van der Waals surface area contributed by atoms with Crippen LogP contribution < -0.4 is 0 Å². The number of hydrogen-bond donors (Lipinski definition) is 3. The second kappa shape index (κ2) is 65.7. The van der Waals surface area contributed by atoms with E-state index in [1.165, 1.54) is 193 Å². The number of aliphatic hydroxyl groups excluding tert-OH is 1. The van der Waals surface area contributed by atoms with E-state index in [4.69, 9.17) is 37.0 Å². The maximum atomic E-state index is 13.1. The van der Waals surface area contributed by atoms with Crippen LogP contribution in [0.15, 0.2) is 0 Å². The molecule has 0 bridgehead atoms. The lowest BCUT2D eigenvalue weighted by atomic mass is 9.99. The molecule has 0 saturated heterocycles. The van der Waals surface area contributed by atoms with Crippen LogP contribution in [0.3, 0.4) is 0 Å². The number of aliphatic hydroxyl groups is 1. The summed E-state index contributed by atoms with van der Waals surface area (Å²) >= 11 is 0. The Balaban J connectivity index is 5.26. The van der Waals surface area contributed by atoms with Crippen LogP contribution in [0.25, 0.3) is 0 Å². The highest BCUT2D eigenvalue weighted by Gasteiger charge is 2.30. The molecule has 0 aromatic heterocycles. The van der Waals surface area contributed by atoms with E-state index in [0.29, 0.717) is 25.7 Å². The van der Waals surface area contributed by atoms with Gasteiger partial charge in [-0.05, 0) is 43.4 Å². The Hall–Kier alpha value is -1.94. The SMILES string of the molecule is CCCCCCCCCCCCC(=O)OC[C@H](COP(=O)(O)OC[C@H](O)COP(=O)(O)OC[C@@H](COC(=O)CCCCCCCCCCCCCCC(C)C)OC(=O)CCCCCCCCCCCCCCC(C)C)OC(=O)CCCCCCCCCCCCC(C)CC. The number of carbonyl (C=O) groups is 4. The van der Waals surface area contributed by atoms with Gasteiger partial charge >= 0.3 is 39.5 Å². The van der Waals surface area contributed by atoms with E-state index in [0.717, 1.165) is 108 Å². The maximum Gasteiger partial charge on any atom is 0.472 e. The van der Waals surface area contributed by atoms with Gasteiger partial charge in [-0.25, -0.2) is 9.13 Å². The van der Waals surface area contributed by atoms with Crippen molar-refractivity contribution in [1.82, 2.24) is 0 Å². The highest BCUT2D eigenvalue weighted by molar-refractivity contribution is 7.47. The van der Waals surface area contributed by atoms with E-state index in [9.17, 15) is 43.2 Å². The molecule has 0 aromatic carbocycles. The third-order valence-corrected chi connectivity index (χ3v) is 19.6. The quantitative estimate of drug-likeness (QED) is 0.0222. The molecule has 0 saturated carbocycles. The summed E-state index contributed by atoms with van der Waals surface area (Å²) in [5.41, 5.74) is 0. The van der Waals surface area contributed by atoms with Crippen LogP contribution in [-0.2, 0) is 65.4 Å². The van der Waals surface area contributed by atoms with Gasteiger partial charge in [0, 0.05) is 25.7 Å². The van der Waals surface area contributed by atoms with Crippen molar-refractivity contribution in [2.24, 2.45) is 17.8 Å². The van der Waals surface area contributed by atoms with Gasteiger partial charge in [0.2, 0.25) is 0 Å². The summed E-state index contributed by atoms with van der Waals surface area (Å²) in [5, 5.41) is 10.6. The highest BCUT2D eigenvalue weighted by Crippen LogP contribution is 2.45. The fraction of sp³-hybridized carbons (Fsp3) is 0.947. The van der Waals surface area contributed by atoms with Crippen molar-refractivity contribution < 1.29 is 80.2 Å². The van der Waals surface area contributed by atoms with E-state index < -0.39 is 97.5 Å². The lowest BCUT2D eigenvalue weighted by Gasteiger charge is -2.21. The molecular weight excluding hydrogens is 1230 g/mol. The van der Waals surface area contributed by atoms with Crippen molar-refractivity contribution in [3.8, 4) is 0 Å². The fourth-order valence-electron chi connectivity index (χ4n) is 11.4. The topological polar surface area (TPSA) is 237 Å². The van der Waals surface area contributed by atoms with Gasteiger partial charge in [-0.3, -0.25) is 37.3 Å². The minimum Gasteiger partial charge on any atom is -0.462 e. The molecule has 0 rings (SSSR count). The number of rotatable bonds is 73. The average molecular weight is 1380 g/mol. The largest absolute Gasteiger partial charge is 0.472 e. The Morgan fingerprint density at radius 2 is 0.543 bits per heavy atom. The van der Waals surface area contributed by atoms with Gasteiger partial charge in [-0.15, -0.1) is 0 Å². The van der Waals surface area contributed by atoms with Crippen molar-refractivity contribution in [1.29, 1.82) is 0 Å². The Labute approximate surface area is 575 Å². The summed E-state index contributed by atoms with van der Waals surface area (Å²) in [6, 6.07) is 0.